The van der Waals surface area contributed by atoms with Crippen molar-refractivity contribution in [1.29, 1.82) is 0 Å². The fourth-order valence-corrected chi connectivity index (χ4v) is 1.51. The number of rotatable bonds is 3. The Kier molecular flexibility index (Phi) is 2.87. The first-order valence-electron chi connectivity index (χ1n) is 4.52. The van der Waals surface area contributed by atoms with Crippen LogP contribution in [0.15, 0.2) is 30.7 Å². The summed E-state index contributed by atoms with van der Waals surface area (Å²) in [5.74, 6) is -1.01. The molecule has 2 rings (SSSR count). The minimum atomic E-state index is -1.01. The molecule has 0 radical (unpaired) electrons. The molecule has 16 heavy (non-hydrogen) atoms. The van der Waals surface area contributed by atoms with Gasteiger partial charge in [-0.15, -0.1) is 0 Å². The Morgan fingerprint density at radius 1 is 1.44 bits per heavy atom. The molecular formula is C10H8ClN3O2. The molecule has 0 aliphatic carbocycles. The van der Waals surface area contributed by atoms with Gasteiger partial charge in [0.2, 0.25) is 0 Å². The third kappa shape index (κ3) is 2.04. The van der Waals surface area contributed by atoms with Gasteiger partial charge in [-0.05, 0) is 17.7 Å². The highest BCUT2D eigenvalue weighted by Gasteiger charge is 2.11. The summed E-state index contributed by atoms with van der Waals surface area (Å²) in [7, 11) is 0. The first kappa shape index (κ1) is 10.6. The van der Waals surface area contributed by atoms with Crippen LogP contribution in [0.25, 0.3) is 0 Å². The van der Waals surface area contributed by atoms with Crippen LogP contribution < -0.4 is 0 Å². The van der Waals surface area contributed by atoms with E-state index in [1.54, 1.807) is 12.3 Å². The normalized spacial score (nSPS) is 10.3. The first-order valence-corrected chi connectivity index (χ1v) is 4.90. The van der Waals surface area contributed by atoms with Gasteiger partial charge in [-0.2, -0.15) is 5.10 Å². The molecule has 5 nitrogen and oxygen atoms in total. The Bertz CT molecular complexity index is 524. The number of pyridine rings is 1. The highest BCUT2D eigenvalue weighted by atomic mass is 35.5. The molecule has 1 N–H and O–H groups in total. The van der Waals surface area contributed by atoms with Crippen LogP contribution in [0.2, 0.25) is 5.02 Å². The molecule has 0 amide bonds. The number of aromatic nitrogens is 3. The third-order valence-corrected chi connectivity index (χ3v) is 2.45. The number of carbonyl (C=O) groups is 1. The largest absolute Gasteiger partial charge is 0.477 e. The number of nitrogens with zero attached hydrogens (tertiary/aromatic N) is 3. The lowest BCUT2D eigenvalue weighted by atomic mass is 10.2. The van der Waals surface area contributed by atoms with Gasteiger partial charge in [-0.25, -0.2) is 4.79 Å². The fourth-order valence-electron chi connectivity index (χ4n) is 1.33. The van der Waals surface area contributed by atoms with Crippen molar-refractivity contribution in [1.82, 2.24) is 14.8 Å². The van der Waals surface area contributed by atoms with Gasteiger partial charge in [-0.1, -0.05) is 11.6 Å². The van der Waals surface area contributed by atoms with Crippen molar-refractivity contribution >= 4 is 17.6 Å². The maximum atomic E-state index is 10.9. The van der Waals surface area contributed by atoms with Crippen molar-refractivity contribution in [2.75, 3.05) is 0 Å². The van der Waals surface area contributed by atoms with Gasteiger partial charge in [0.15, 0.2) is 0 Å². The van der Waals surface area contributed by atoms with E-state index in [0.29, 0.717) is 11.6 Å². The maximum absolute atomic E-state index is 10.9. The third-order valence-electron chi connectivity index (χ3n) is 2.11. The lowest BCUT2D eigenvalue weighted by molar-refractivity contribution is 0.0684. The molecule has 0 saturated carbocycles. The lowest BCUT2D eigenvalue weighted by Gasteiger charge is -2.05. The standard InChI is InChI=1S/C10H8ClN3O2/c11-8-5-12-3-1-7(8)6-14-9(10(15)16)2-4-13-14/h1-5H,6H2,(H,15,16). The van der Waals surface area contributed by atoms with E-state index in [-0.39, 0.29) is 5.69 Å². The van der Waals surface area contributed by atoms with E-state index in [0.717, 1.165) is 5.56 Å². The maximum Gasteiger partial charge on any atom is 0.354 e. The summed E-state index contributed by atoms with van der Waals surface area (Å²) in [5.41, 5.74) is 0.913. The molecule has 0 aliphatic rings. The number of carboxylic acid groups (broad SMARTS) is 1. The van der Waals surface area contributed by atoms with E-state index in [1.165, 1.54) is 23.1 Å². The second-order valence-corrected chi connectivity index (χ2v) is 3.55. The Balaban J connectivity index is 2.31. The molecule has 2 aromatic heterocycles. The summed E-state index contributed by atoms with van der Waals surface area (Å²) in [4.78, 5) is 14.7. The van der Waals surface area contributed by atoms with E-state index < -0.39 is 5.97 Å². The smallest absolute Gasteiger partial charge is 0.354 e. The molecule has 0 spiro atoms. The molecule has 82 valence electrons. The molecular weight excluding hydrogens is 230 g/mol. The van der Waals surface area contributed by atoms with Crippen molar-refractivity contribution in [3.63, 3.8) is 0 Å². The van der Waals surface area contributed by atoms with Crippen molar-refractivity contribution in [3.05, 3.63) is 47.0 Å². The van der Waals surface area contributed by atoms with Crippen LogP contribution >= 0.6 is 11.6 Å². The van der Waals surface area contributed by atoms with Crippen LogP contribution in [0.1, 0.15) is 16.1 Å². The van der Waals surface area contributed by atoms with Crippen LogP contribution in [0, 0.1) is 0 Å². The number of hydrogen-bond acceptors (Lipinski definition) is 3. The molecule has 0 unspecified atom stereocenters. The van der Waals surface area contributed by atoms with E-state index in [4.69, 9.17) is 16.7 Å². The van der Waals surface area contributed by atoms with E-state index >= 15 is 0 Å². The number of hydrogen-bond donors (Lipinski definition) is 1. The quantitative estimate of drug-likeness (QED) is 0.882. The molecule has 0 atom stereocenters. The summed E-state index contributed by atoms with van der Waals surface area (Å²) in [5, 5.41) is 13.3. The highest BCUT2D eigenvalue weighted by Crippen LogP contribution is 2.15. The molecule has 2 heterocycles. The molecule has 6 heteroatoms. The second-order valence-electron chi connectivity index (χ2n) is 3.15. The topological polar surface area (TPSA) is 68.0 Å². The summed E-state index contributed by atoms with van der Waals surface area (Å²) in [6.45, 7) is 0.315. The van der Waals surface area contributed by atoms with Crippen LogP contribution in [0.5, 0.6) is 0 Å². The highest BCUT2D eigenvalue weighted by molar-refractivity contribution is 6.31. The molecule has 0 aromatic carbocycles. The Morgan fingerprint density at radius 2 is 2.25 bits per heavy atom. The SMILES string of the molecule is O=C(O)c1ccnn1Cc1ccncc1Cl. The van der Waals surface area contributed by atoms with E-state index in [1.807, 2.05) is 0 Å². The van der Waals surface area contributed by atoms with Gasteiger partial charge in [-0.3, -0.25) is 9.67 Å². The lowest BCUT2D eigenvalue weighted by Crippen LogP contribution is -2.11. The summed E-state index contributed by atoms with van der Waals surface area (Å²) < 4.78 is 1.38. The van der Waals surface area contributed by atoms with Crippen molar-refractivity contribution in [3.8, 4) is 0 Å². The number of halogens is 1. The minimum Gasteiger partial charge on any atom is -0.477 e. The zero-order chi connectivity index (χ0) is 11.5. The first-order chi connectivity index (χ1) is 7.68. The number of carboxylic acids is 1. The van der Waals surface area contributed by atoms with Gasteiger partial charge in [0.25, 0.3) is 0 Å². The Hall–Kier alpha value is -1.88. The Morgan fingerprint density at radius 3 is 2.94 bits per heavy atom. The van der Waals surface area contributed by atoms with E-state index in [9.17, 15) is 4.79 Å². The number of aromatic carboxylic acids is 1. The second kappa shape index (κ2) is 4.32. The van der Waals surface area contributed by atoms with Gasteiger partial charge in [0.1, 0.15) is 5.69 Å². The van der Waals surface area contributed by atoms with E-state index in [2.05, 4.69) is 10.1 Å². The fraction of sp³-hybridized carbons (Fsp3) is 0.100. The summed E-state index contributed by atoms with van der Waals surface area (Å²) in [6.07, 6.45) is 4.56. The van der Waals surface area contributed by atoms with Gasteiger partial charge >= 0.3 is 5.97 Å². The monoisotopic (exact) mass is 237 g/mol. The van der Waals surface area contributed by atoms with Crippen LogP contribution in [0.3, 0.4) is 0 Å². The van der Waals surface area contributed by atoms with Crippen molar-refractivity contribution < 1.29 is 9.90 Å². The zero-order valence-electron chi connectivity index (χ0n) is 8.17. The average molecular weight is 238 g/mol. The summed E-state index contributed by atoms with van der Waals surface area (Å²) >= 11 is 5.92. The zero-order valence-corrected chi connectivity index (χ0v) is 8.92. The predicted molar refractivity (Wildman–Crippen MR) is 57.5 cm³/mol. The molecule has 0 bridgehead atoms. The average Bonchev–Trinajstić information content (AvgIpc) is 2.69. The summed E-state index contributed by atoms with van der Waals surface area (Å²) in [6, 6.07) is 3.17. The molecule has 0 saturated heterocycles. The predicted octanol–water partition coefficient (Wildman–Crippen LogP) is 1.68. The molecule has 0 fully saturated rings. The van der Waals surface area contributed by atoms with Crippen molar-refractivity contribution in [2.24, 2.45) is 0 Å². The molecule has 2 aromatic rings. The van der Waals surface area contributed by atoms with Crippen LogP contribution in [-0.2, 0) is 6.54 Å². The van der Waals surface area contributed by atoms with Crippen LogP contribution in [0.4, 0.5) is 0 Å². The van der Waals surface area contributed by atoms with Gasteiger partial charge < -0.3 is 5.11 Å². The van der Waals surface area contributed by atoms with Crippen LogP contribution in [-0.4, -0.2) is 25.8 Å². The minimum absolute atomic E-state index is 0.132. The van der Waals surface area contributed by atoms with Crippen molar-refractivity contribution in [2.45, 2.75) is 6.54 Å². The van der Waals surface area contributed by atoms with Gasteiger partial charge in [0, 0.05) is 18.6 Å². The molecule has 0 aliphatic heterocycles. The Labute approximate surface area is 96.3 Å². The van der Waals surface area contributed by atoms with Gasteiger partial charge in [0.05, 0.1) is 11.6 Å².